The van der Waals surface area contributed by atoms with Gasteiger partial charge in [0.05, 0.1) is 37.6 Å². The second-order valence-corrected chi connectivity index (χ2v) is 23.5. The summed E-state index contributed by atoms with van der Waals surface area (Å²) in [6, 6.07) is 36.9. The van der Waals surface area contributed by atoms with Crippen molar-refractivity contribution in [1.29, 1.82) is 0 Å². The summed E-state index contributed by atoms with van der Waals surface area (Å²) < 4.78 is 0. The standard InChI is InChI=1S/C69H93N15O13/c1-2-72-69(97)80-68(71)76-31-10-17-57(65(94)77-43-49-20-28-55(86)29-21-49)79-67(96)63(52-14-7-4-8-15-52)53-24-26-54(27-25-53)73-32-11-33-74-64(93)56(70)16-9-30-75-66(95)58(42-48-18-22-51(23-19-48)50-12-5-3-6-13-50)78-59(47-85)84-40-38-82(45-61(89)90)36-34-81(44-60(87)88)35-37-83(39-41-84)46-62(91)92/h3-8,12-15,18-29,47,56-59,63,73,78,86H,2,9-11,16-17,30-46,70H2,1H3,(H,74,93)(H,75,95)(H,77,94)(H,79,96)(H,87,88)(H,89,90)(H,91,92)(H4,71,72,76,80,97)/t56-,57-,58-,59?,63-/m1/s1. The first-order valence-electron chi connectivity index (χ1n) is 32.6. The maximum atomic E-state index is 14.4. The molecular weight excluding hydrogens is 1250 g/mol. The number of aliphatic imine (C=N–C) groups is 1. The molecule has 5 aromatic carbocycles. The van der Waals surface area contributed by atoms with E-state index < -0.39 is 71.9 Å². The summed E-state index contributed by atoms with van der Waals surface area (Å²) in [5.41, 5.74) is 17.8. The Bertz CT molecular complexity index is 3300. The molecule has 1 heterocycles. The number of benzene rings is 5. The summed E-state index contributed by atoms with van der Waals surface area (Å²) in [4.78, 5) is 127. The Balaban J connectivity index is 1.02. The lowest BCUT2D eigenvalue weighted by Gasteiger charge is -2.36. The zero-order chi connectivity index (χ0) is 69.9. The zero-order valence-electron chi connectivity index (χ0n) is 54.8. The monoisotopic (exact) mass is 1340 g/mol. The molecule has 522 valence electrons. The number of rotatable bonds is 36. The summed E-state index contributed by atoms with van der Waals surface area (Å²) in [6.45, 7) is 3.72. The number of urea groups is 1. The number of nitrogens with one attached hydrogen (secondary N) is 8. The second-order valence-electron chi connectivity index (χ2n) is 23.5. The highest BCUT2D eigenvalue weighted by Crippen LogP contribution is 2.27. The van der Waals surface area contributed by atoms with E-state index in [0.29, 0.717) is 56.3 Å². The van der Waals surface area contributed by atoms with Crippen LogP contribution in [0.25, 0.3) is 11.1 Å². The van der Waals surface area contributed by atoms with Crippen LogP contribution in [0.2, 0.25) is 0 Å². The predicted molar refractivity (Wildman–Crippen MR) is 367 cm³/mol. The van der Waals surface area contributed by atoms with Gasteiger partial charge in [-0.2, -0.15) is 4.99 Å². The van der Waals surface area contributed by atoms with E-state index in [9.17, 15) is 63.6 Å². The van der Waals surface area contributed by atoms with Crippen molar-refractivity contribution in [1.82, 2.24) is 56.8 Å². The van der Waals surface area contributed by atoms with E-state index in [2.05, 4.69) is 47.5 Å². The molecule has 0 radical (unpaired) electrons. The highest BCUT2D eigenvalue weighted by atomic mass is 16.4. The molecule has 1 unspecified atom stereocenters. The Kier molecular flexibility index (Phi) is 32.4. The van der Waals surface area contributed by atoms with Crippen LogP contribution in [0.15, 0.2) is 138 Å². The van der Waals surface area contributed by atoms with Gasteiger partial charge in [0.25, 0.3) is 0 Å². The molecule has 1 fully saturated rings. The predicted octanol–water partition coefficient (Wildman–Crippen LogP) is 1.75. The first kappa shape index (κ1) is 76.2. The lowest BCUT2D eigenvalue weighted by atomic mass is 9.90. The van der Waals surface area contributed by atoms with Crippen molar-refractivity contribution in [3.8, 4) is 16.9 Å². The third-order valence-corrected chi connectivity index (χ3v) is 16.2. The van der Waals surface area contributed by atoms with Crippen molar-refractivity contribution in [2.24, 2.45) is 16.5 Å². The number of aldehydes is 1. The maximum Gasteiger partial charge on any atom is 0.344 e. The fourth-order valence-corrected chi connectivity index (χ4v) is 10.9. The number of carboxylic acid groups (broad SMARTS) is 3. The SMILES string of the molecule is CCNC(=O)/N=C(/N)NCCC[C@@H](NC(=O)[C@H](c1ccccc1)c1ccc(NCCCNC(=O)[C@H](N)CCCNC(=O)[C@@H](Cc2ccc(-c3ccccc3)cc2)NC(C=O)N2CCN(CC(=O)O)CCN(CC(=O)O)CCN(CC(=O)O)CC2)cc1)C(=O)NCc1ccc(O)cc1. The van der Waals surface area contributed by atoms with Gasteiger partial charge in [0.2, 0.25) is 23.6 Å². The topological polar surface area (TPSA) is 408 Å². The normalized spacial score (nSPS) is 15.3. The smallest absolute Gasteiger partial charge is 0.344 e. The number of nitrogens with two attached hydrogens (primary N) is 2. The van der Waals surface area contributed by atoms with Crippen LogP contribution in [-0.2, 0) is 51.3 Å². The van der Waals surface area contributed by atoms with E-state index in [4.69, 9.17) is 11.5 Å². The van der Waals surface area contributed by atoms with Crippen molar-refractivity contribution < 1.29 is 63.6 Å². The lowest BCUT2D eigenvalue weighted by molar-refractivity contribution is -0.140. The summed E-state index contributed by atoms with van der Waals surface area (Å²) in [6.07, 6.45) is 1.38. The molecule has 1 aliphatic heterocycles. The number of hydrogen-bond acceptors (Lipinski definition) is 17. The van der Waals surface area contributed by atoms with Crippen molar-refractivity contribution >= 4 is 65.5 Å². The van der Waals surface area contributed by atoms with Crippen molar-refractivity contribution in [2.75, 3.05) is 110 Å². The Morgan fingerprint density at radius 2 is 1.04 bits per heavy atom. The van der Waals surface area contributed by atoms with Crippen LogP contribution in [-0.4, -0.2) is 229 Å². The molecule has 6 amide bonds. The number of hydrogen-bond donors (Lipinski definition) is 14. The minimum atomic E-state index is -1.10. The molecule has 97 heavy (non-hydrogen) atoms. The summed E-state index contributed by atoms with van der Waals surface area (Å²) >= 11 is 0. The number of carbonyl (C=O) groups is 9. The molecule has 5 atom stereocenters. The first-order chi connectivity index (χ1) is 46.8. The van der Waals surface area contributed by atoms with Gasteiger partial charge in [0.1, 0.15) is 18.0 Å². The number of nitrogens with zero attached hydrogens (tertiary/aromatic N) is 5. The third-order valence-electron chi connectivity index (χ3n) is 16.2. The lowest BCUT2D eigenvalue weighted by Crippen LogP contribution is -2.58. The van der Waals surface area contributed by atoms with Crippen LogP contribution in [0.3, 0.4) is 0 Å². The number of carbonyl (C=O) groups excluding carboxylic acids is 6. The number of anilines is 1. The van der Waals surface area contributed by atoms with Gasteiger partial charge in [-0.05, 0) is 103 Å². The third kappa shape index (κ3) is 27.8. The number of guanidine groups is 1. The van der Waals surface area contributed by atoms with Crippen LogP contribution < -0.4 is 54.0 Å². The van der Waals surface area contributed by atoms with E-state index in [1.165, 1.54) is 12.1 Å². The molecule has 0 aromatic heterocycles. The molecule has 16 N–H and O–H groups in total. The highest BCUT2D eigenvalue weighted by Gasteiger charge is 2.31. The van der Waals surface area contributed by atoms with E-state index in [1.54, 1.807) is 38.7 Å². The Labute approximate surface area is 565 Å². The number of carboxylic acids is 3. The van der Waals surface area contributed by atoms with E-state index in [1.807, 2.05) is 109 Å². The second kappa shape index (κ2) is 41.2. The average molecular weight is 1340 g/mol. The van der Waals surface area contributed by atoms with Gasteiger partial charge in [0, 0.05) is 97.3 Å². The van der Waals surface area contributed by atoms with Gasteiger partial charge >= 0.3 is 23.9 Å². The molecule has 28 heteroatoms. The largest absolute Gasteiger partial charge is 0.508 e. The van der Waals surface area contributed by atoms with E-state index in [0.717, 1.165) is 27.9 Å². The molecule has 0 bridgehead atoms. The fraction of sp³-hybridized carbons (Fsp3) is 0.420. The number of aliphatic carboxylic acids is 3. The maximum absolute atomic E-state index is 14.4. The highest BCUT2D eigenvalue weighted by molar-refractivity contribution is 5.93. The van der Waals surface area contributed by atoms with Crippen molar-refractivity contribution in [3.63, 3.8) is 0 Å². The van der Waals surface area contributed by atoms with Crippen LogP contribution >= 0.6 is 0 Å². The summed E-state index contributed by atoms with van der Waals surface area (Å²) in [5.74, 6) is -5.74. The van der Waals surface area contributed by atoms with Crippen LogP contribution in [0, 0.1) is 0 Å². The average Bonchev–Trinajstić information content (AvgIpc) is 0.854. The molecule has 1 saturated heterocycles. The number of phenols is 1. The Morgan fingerprint density at radius 1 is 0.536 bits per heavy atom. The van der Waals surface area contributed by atoms with Crippen molar-refractivity contribution in [3.05, 3.63) is 156 Å². The molecule has 6 rings (SSSR count). The quantitative estimate of drug-likeness (QED) is 0.0118. The first-order valence-corrected chi connectivity index (χ1v) is 32.6. The van der Waals surface area contributed by atoms with E-state index in [-0.39, 0.29) is 129 Å². The molecule has 1 aliphatic rings. The van der Waals surface area contributed by atoms with E-state index >= 15 is 0 Å². The molecular formula is C69H93N15O13. The van der Waals surface area contributed by atoms with Gasteiger partial charge in [-0.1, -0.05) is 109 Å². The van der Waals surface area contributed by atoms with Gasteiger partial charge in [-0.3, -0.25) is 58.5 Å². The van der Waals surface area contributed by atoms with Gasteiger partial charge in [-0.25, -0.2) is 4.79 Å². The molecule has 5 aromatic rings. The minimum Gasteiger partial charge on any atom is -0.508 e. The van der Waals surface area contributed by atoms with Gasteiger partial charge in [-0.15, -0.1) is 0 Å². The van der Waals surface area contributed by atoms with Crippen LogP contribution in [0.4, 0.5) is 10.5 Å². The molecule has 0 spiro atoms. The summed E-state index contributed by atoms with van der Waals surface area (Å²) in [5, 5.41) is 62.6. The summed E-state index contributed by atoms with van der Waals surface area (Å²) in [7, 11) is 0. The van der Waals surface area contributed by atoms with Crippen LogP contribution in [0.1, 0.15) is 67.2 Å². The Hall–Kier alpha value is -9.84. The van der Waals surface area contributed by atoms with Crippen molar-refractivity contribution in [2.45, 2.75) is 82.2 Å². The fourth-order valence-electron chi connectivity index (χ4n) is 10.9. The Morgan fingerprint density at radius 3 is 1.62 bits per heavy atom. The van der Waals surface area contributed by atoms with Gasteiger partial charge < -0.3 is 73.9 Å². The molecule has 0 aliphatic carbocycles. The van der Waals surface area contributed by atoms with Gasteiger partial charge in [0.15, 0.2) is 12.2 Å². The number of amides is 6. The molecule has 28 nitrogen and oxygen atoms in total. The minimum absolute atomic E-state index is 0.0826. The zero-order valence-corrected chi connectivity index (χ0v) is 54.8. The van der Waals surface area contributed by atoms with Crippen LogP contribution in [0.5, 0.6) is 5.75 Å². The molecule has 0 saturated carbocycles. The number of phenolic OH excluding ortho intramolecular Hbond substituents is 1. The number of aromatic hydroxyl groups is 1.